The van der Waals surface area contributed by atoms with E-state index in [4.69, 9.17) is 14.2 Å². The quantitative estimate of drug-likeness (QED) is 0.334. The van der Waals surface area contributed by atoms with Crippen molar-refractivity contribution in [3.63, 3.8) is 0 Å². The molecule has 0 atom stereocenters. The molecule has 4 rings (SSSR count). The molecule has 0 aliphatic carbocycles. The van der Waals surface area contributed by atoms with Gasteiger partial charge in [0, 0.05) is 54.2 Å². The molecule has 0 radical (unpaired) electrons. The molecule has 9 nitrogen and oxygen atoms in total. The van der Waals surface area contributed by atoms with Crippen molar-refractivity contribution in [1.29, 1.82) is 0 Å². The van der Waals surface area contributed by atoms with Gasteiger partial charge in [0.2, 0.25) is 0 Å². The molecule has 0 saturated heterocycles. The molecule has 212 valence electrons. The van der Waals surface area contributed by atoms with Crippen LogP contribution >= 0.6 is 0 Å². The second-order valence-electron chi connectivity index (χ2n) is 10.5. The molecule has 0 spiro atoms. The summed E-state index contributed by atoms with van der Waals surface area (Å²) >= 11 is 0. The van der Waals surface area contributed by atoms with Gasteiger partial charge in [0.15, 0.2) is 0 Å². The van der Waals surface area contributed by atoms with Gasteiger partial charge in [-0.25, -0.2) is 4.68 Å². The second kappa shape index (κ2) is 12.0. The minimum absolute atomic E-state index is 0.106. The van der Waals surface area contributed by atoms with Gasteiger partial charge in [-0.3, -0.25) is 4.79 Å². The van der Waals surface area contributed by atoms with Crippen LogP contribution < -0.4 is 9.47 Å². The maximum Gasteiger partial charge on any atom is 0.262 e. The van der Waals surface area contributed by atoms with E-state index in [2.05, 4.69) is 33.1 Å². The van der Waals surface area contributed by atoms with Gasteiger partial charge in [-0.1, -0.05) is 17.4 Å². The smallest absolute Gasteiger partial charge is 0.262 e. The number of fused-ring (bicyclic) bond motifs is 2. The lowest BCUT2D eigenvalue weighted by atomic mass is 9.93. The SMILES string of the molecule is C/C=C\C(=C/C)N1CC=C=C(C(=O)N(C)C(C)(C)C)C2=C1c1cc(-c3cn(COCC)nn3)c(OC)cc1OC2. The molecule has 1 aromatic heterocycles. The van der Waals surface area contributed by atoms with Crippen molar-refractivity contribution in [2.24, 2.45) is 0 Å². The van der Waals surface area contributed by atoms with Gasteiger partial charge in [-0.05, 0) is 59.8 Å². The Balaban J connectivity index is 1.95. The normalized spacial score (nSPS) is 15.4. The topological polar surface area (TPSA) is 82.0 Å². The number of rotatable bonds is 8. The Morgan fingerprint density at radius 1 is 1.25 bits per heavy atom. The van der Waals surface area contributed by atoms with Crippen LogP contribution in [0.4, 0.5) is 0 Å². The summed E-state index contributed by atoms with van der Waals surface area (Å²) in [6.45, 7) is 13.6. The summed E-state index contributed by atoms with van der Waals surface area (Å²) in [6, 6.07) is 3.89. The molecular formula is C31H39N5O4. The van der Waals surface area contributed by atoms with E-state index in [1.165, 1.54) is 0 Å². The Kier molecular flexibility index (Phi) is 8.67. The lowest BCUT2D eigenvalue weighted by Crippen LogP contribution is -2.43. The van der Waals surface area contributed by atoms with Gasteiger partial charge in [0.1, 0.15) is 30.5 Å². The van der Waals surface area contributed by atoms with Gasteiger partial charge in [-0.15, -0.1) is 10.8 Å². The van der Waals surface area contributed by atoms with E-state index in [-0.39, 0.29) is 18.1 Å². The molecular weight excluding hydrogens is 506 g/mol. The van der Waals surface area contributed by atoms with Crippen LogP contribution in [0.5, 0.6) is 11.5 Å². The molecule has 0 unspecified atom stereocenters. The van der Waals surface area contributed by atoms with E-state index < -0.39 is 0 Å². The Morgan fingerprint density at radius 3 is 2.67 bits per heavy atom. The zero-order chi connectivity index (χ0) is 29.0. The summed E-state index contributed by atoms with van der Waals surface area (Å²) in [7, 11) is 3.44. The van der Waals surface area contributed by atoms with Crippen LogP contribution in [0.25, 0.3) is 17.0 Å². The van der Waals surface area contributed by atoms with Crippen LogP contribution in [-0.4, -0.2) is 70.2 Å². The van der Waals surface area contributed by atoms with E-state index in [1.807, 2.05) is 79.1 Å². The maximum atomic E-state index is 13.8. The zero-order valence-electron chi connectivity index (χ0n) is 24.7. The third-order valence-corrected chi connectivity index (χ3v) is 7.02. The molecule has 2 aliphatic rings. The van der Waals surface area contributed by atoms with E-state index in [1.54, 1.807) is 16.7 Å². The molecule has 0 bridgehead atoms. The van der Waals surface area contributed by atoms with Gasteiger partial charge in [-0.2, -0.15) is 0 Å². The van der Waals surface area contributed by atoms with Crippen molar-refractivity contribution >= 4 is 11.6 Å². The number of hydrogen-bond acceptors (Lipinski definition) is 7. The number of aromatic nitrogens is 3. The first kappa shape index (κ1) is 28.9. The molecule has 40 heavy (non-hydrogen) atoms. The summed E-state index contributed by atoms with van der Waals surface area (Å²) in [5, 5.41) is 8.61. The lowest BCUT2D eigenvalue weighted by molar-refractivity contribution is -0.129. The Morgan fingerprint density at radius 2 is 2.02 bits per heavy atom. The molecule has 0 fully saturated rings. The van der Waals surface area contributed by atoms with Crippen molar-refractivity contribution in [2.45, 2.75) is 53.8 Å². The second-order valence-corrected chi connectivity index (χ2v) is 10.5. The molecule has 9 heteroatoms. The first-order chi connectivity index (χ1) is 19.1. The first-order valence-electron chi connectivity index (χ1n) is 13.5. The number of benzene rings is 1. The highest BCUT2D eigenvalue weighted by Gasteiger charge is 2.35. The fraction of sp³-hybridized carbons (Fsp3) is 0.419. The number of allylic oxidation sites excluding steroid dienone is 3. The average molecular weight is 546 g/mol. The van der Waals surface area contributed by atoms with Gasteiger partial charge >= 0.3 is 0 Å². The number of hydrogen-bond donors (Lipinski definition) is 0. The number of carbonyl (C=O) groups is 1. The fourth-order valence-corrected chi connectivity index (χ4v) is 4.61. The summed E-state index contributed by atoms with van der Waals surface area (Å²) < 4.78 is 19.2. The van der Waals surface area contributed by atoms with Crippen molar-refractivity contribution < 1.29 is 19.0 Å². The third kappa shape index (κ3) is 5.62. The summed E-state index contributed by atoms with van der Waals surface area (Å²) in [4.78, 5) is 17.8. The largest absolute Gasteiger partial charge is 0.496 e. The molecule has 1 amide bonds. The van der Waals surface area contributed by atoms with Crippen LogP contribution in [0, 0.1) is 0 Å². The Labute approximate surface area is 236 Å². The minimum atomic E-state index is -0.362. The Hall–Kier alpha value is -4.07. The highest BCUT2D eigenvalue weighted by Crippen LogP contribution is 2.45. The predicted molar refractivity (Wildman–Crippen MR) is 155 cm³/mol. The highest BCUT2D eigenvalue weighted by molar-refractivity contribution is 6.01. The average Bonchev–Trinajstić information content (AvgIpc) is 3.33. The van der Waals surface area contributed by atoms with Crippen LogP contribution in [0.2, 0.25) is 0 Å². The number of likely N-dealkylation sites (N-methyl/N-ethyl adjacent to an activating group) is 1. The molecule has 0 saturated carbocycles. The summed E-state index contributed by atoms with van der Waals surface area (Å²) in [5.74, 6) is 1.18. The van der Waals surface area contributed by atoms with Crippen molar-refractivity contribution in [3.05, 3.63) is 70.8 Å². The van der Waals surface area contributed by atoms with Gasteiger partial charge in [0.05, 0.1) is 24.6 Å². The maximum absolute atomic E-state index is 13.8. The molecule has 3 heterocycles. The van der Waals surface area contributed by atoms with Crippen LogP contribution in [0.3, 0.4) is 0 Å². The molecule has 2 aliphatic heterocycles. The minimum Gasteiger partial charge on any atom is -0.496 e. The molecule has 1 aromatic carbocycles. The zero-order valence-corrected chi connectivity index (χ0v) is 24.7. The van der Waals surface area contributed by atoms with E-state index in [0.717, 1.165) is 28.1 Å². The highest BCUT2D eigenvalue weighted by atomic mass is 16.5. The van der Waals surface area contributed by atoms with E-state index in [9.17, 15) is 4.79 Å². The number of amides is 1. The molecule has 2 aromatic rings. The van der Waals surface area contributed by atoms with E-state index in [0.29, 0.717) is 42.6 Å². The predicted octanol–water partition coefficient (Wildman–Crippen LogP) is 5.19. The number of carbonyl (C=O) groups excluding carboxylic acids is 1. The van der Waals surface area contributed by atoms with Crippen LogP contribution in [-0.2, 0) is 16.3 Å². The monoisotopic (exact) mass is 545 g/mol. The standard InChI is InChI=1S/C31H39N5O4/c1-9-13-21(10-2)36-15-12-14-22(30(37)34(7)31(4,5)6)25-19-40-28-17-27(38-8)23(16-24(28)29(25)36)26-18-35(33-32-26)20-39-11-3/h9-10,12-13,16-18H,11,15,19-20H2,1-8H3/b13-9-,21-10+. The van der Waals surface area contributed by atoms with Crippen LogP contribution in [0.1, 0.15) is 47.1 Å². The van der Waals surface area contributed by atoms with Gasteiger partial charge in [0.25, 0.3) is 5.91 Å². The van der Waals surface area contributed by atoms with Gasteiger partial charge < -0.3 is 24.0 Å². The van der Waals surface area contributed by atoms with Crippen molar-refractivity contribution in [3.8, 4) is 22.8 Å². The third-order valence-electron chi connectivity index (χ3n) is 7.02. The number of nitrogens with zero attached hydrogens (tertiary/aromatic N) is 5. The lowest BCUT2D eigenvalue weighted by Gasteiger charge is -2.36. The number of ether oxygens (including phenoxy) is 3. The van der Waals surface area contributed by atoms with Crippen molar-refractivity contribution in [1.82, 2.24) is 24.8 Å². The summed E-state index contributed by atoms with van der Waals surface area (Å²) in [6.07, 6.45) is 9.87. The van der Waals surface area contributed by atoms with Crippen molar-refractivity contribution in [2.75, 3.05) is 33.9 Å². The molecule has 0 N–H and O–H groups in total. The Bertz CT molecular complexity index is 1430. The first-order valence-corrected chi connectivity index (χ1v) is 13.5. The van der Waals surface area contributed by atoms with Crippen LogP contribution in [0.15, 0.2) is 65.2 Å². The van der Waals surface area contributed by atoms with E-state index >= 15 is 0 Å². The number of methoxy groups -OCH3 is 1. The fourth-order valence-electron chi connectivity index (χ4n) is 4.61. The summed E-state index contributed by atoms with van der Waals surface area (Å²) in [5.41, 5.74) is 8.36.